The molecule has 0 heterocycles. The van der Waals surface area contributed by atoms with Crippen molar-refractivity contribution in [3.63, 3.8) is 0 Å². The molecule has 0 fully saturated rings. The van der Waals surface area contributed by atoms with Gasteiger partial charge in [0.25, 0.3) is 0 Å². The summed E-state index contributed by atoms with van der Waals surface area (Å²) >= 11 is 0. The Morgan fingerprint density at radius 3 is 1.86 bits per heavy atom. The van der Waals surface area contributed by atoms with Crippen LogP contribution in [0.15, 0.2) is 11.8 Å². The number of carbonyl (C=O) groups excluding carboxylic acids is 1. The third-order valence-corrected chi connectivity index (χ3v) is 4.56. The summed E-state index contributed by atoms with van der Waals surface area (Å²) in [5.41, 5.74) is -0.919. The molecule has 4 nitrogen and oxygen atoms in total. The number of aliphatic hydroxyl groups is 1. The standard InChI is InChI=1S/C14H30O4Si2.Cu/c1-11(17-19(4,5)6)12(15)10-13(16)14(2,3)18-20(7,8)9;/h10-11,15H,1-9H3;/b12-10-;. The second-order valence-corrected chi connectivity index (χ2v) is 16.4. The van der Waals surface area contributed by atoms with Crippen molar-refractivity contribution in [1.82, 2.24) is 0 Å². The summed E-state index contributed by atoms with van der Waals surface area (Å²) in [6.07, 6.45) is 0.776. The summed E-state index contributed by atoms with van der Waals surface area (Å²) in [5, 5.41) is 10.0. The molecule has 0 aliphatic rings. The van der Waals surface area contributed by atoms with Gasteiger partial charge in [-0.3, -0.25) is 4.79 Å². The van der Waals surface area contributed by atoms with E-state index in [4.69, 9.17) is 8.85 Å². The zero-order valence-electron chi connectivity index (χ0n) is 14.6. The van der Waals surface area contributed by atoms with E-state index in [-0.39, 0.29) is 28.6 Å². The van der Waals surface area contributed by atoms with E-state index >= 15 is 0 Å². The molecule has 0 aromatic heterocycles. The van der Waals surface area contributed by atoms with Gasteiger partial charge in [0, 0.05) is 23.1 Å². The van der Waals surface area contributed by atoms with Crippen molar-refractivity contribution in [3.05, 3.63) is 11.8 Å². The molecule has 0 saturated heterocycles. The first-order valence-electron chi connectivity index (χ1n) is 6.97. The molecule has 0 aliphatic carbocycles. The fourth-order valence-electron chi connectivity index (χ4n) is 1.83. The van der Waals surface area contributed by atoms with Crippen LogP contribution in [0.25, 0.3) is 0 Å². The van der Waals surface area contributed by atoms with Gasteiger partial charge in [0.2, 0.25) is 0 Å². The second kappa shape index (κ2) is 8.08. The van der Waals surface area contributed by atoms with E-state index in [9.17, 15) is 9.90 Å². The van der Waals surface area contributed by atoms with E-state index in [0.29, 0.717) is 0 Å². The van der Waals surface area contributed by atoms with E-state index in [2.05, 4.69) is 0 Å². The van der Waals surface area contributed by atoms with Crippen LogP contribution >= 0.6 is 0 Å². The summed E-state index contributed by atoms with van der Waals surface area (Å²) in [7, 11) is -3.58. The fraction of sp³-hybridized carbons (Fsp3) is 0.786. The van der Waals surface area contributed by atoms with Gasteiger partial charge in [0.1, 0.15) is 11.4 Å². The zero-order chi connectivity index (χ0) is 16.4. The summed E-state index contributed by atoms with van der Waals surface area (Å²) in [4.78, 5) is 12.2. The van der Waals surface area contributed by atoms with Crippen LogP contribution in [0.4, 0.5) is 0 Å². The molecular formula is C14H30CuO4Si2. The molecule has 0 amide bonds. The van der Waals surface area contributed by atoms with Crippen LogP contribution in [0.5, 0.6) is 0 Å². The van der Waals surface area contributed by atoms with Gasteiger partial charge >= 0.3 is 0 Å². The Morgan fingerprint density at radius 1 is 1.10 bits per heavy atom. The summed E-state index contributed by atoms with van der Waals surface area (Å²) in [6, 6.07) is 0. The van der Waals surface area contributed by atoms with Gasteiger partial charge < -0.3 is 14.0 Å². The smallest absolute Gasteiger partial charge is 0.189 e. The van der Waals surface area contributed by atoms with Crippen molar-refractivity contribution < 1.29 is 35.8 Å². The quantitative estimate of drug-likeness (QED) is 0.413. The predicted molar refractivity (Wildman–Crippen MR) is 88.1 cm³/mol. The molecule has 1 atom stereocenters. The second-order valence-electron chi connectivity index (χ2n) is 7.53. The van der Waals surface area contributed by atoms with Crippen molar-refractivity contribution in [2.24, 2.45) is 0 Å². The van der Waals surface area contributed by atoms with Gasteiger partial charge in [-0.1, -0.05) is 0 Å². The van der Waals surface area contributed by atoms with Crippen molar-refractivity contribution in [3.8, 4) is 0 Å². The monoisotopic (exact) mass is 381 g/mol. The third kappa shape index (κ3) is 10.4. The minimum absolute atomic E-state index is 0. The summed E-state index contributed by atoms with van der Waals surface area (Å²) in [5.74, 6) is -0.270. The van der Waals surface area contributed by atoms with Gasteiger partial charge in [-0.25, -0.2) is 0 Å². The van der Waals surface area contributed by atoms with Crippen LogP contribution in [-0.4, -0.2) is 39.2 Å². The Balaban J connectivity index is 0. The van der Waals surface area contributed by atoms with Crippen LogP contribution in [0.3, 0.4) is 0 Å². The van der Waals surface area contributed by atoms with Crippen molar-refractivity contribution in [1.29, 1.82) is 0 Å². The molecule has 129 valence electrons. The SMILES string of the molecule is CC(O[Si](C)(C)C)/C(O)=C/C(=O)C(C)(C)O[Si](C)(C)C.[Cu]. The number of rotatable bonds is 7. The molecule has 1 N–H and O–H groups in total. The van der Waals surface area contributed by atoms with Crippen molar-refractivity contribution in [2.45, 2.75) is 71.8 Å². The van der Waals surface area contributed by atoms with Crippen LogP contribution in [0.2, 0.25) is 39.3 Å². The van der Waals surface area contributed by atoms with E-state index in [1.807, 2.05) is 39.3 Å². The molecule has 0 aliphatic heterocycles. The van der Waals surface area contributed by atoms with Gasteiger partial charge in [-0.2, -0.15) is 0 Å². The fourth-order valence-corrected chi connectivity index (χ4v) is 4.64. The largest absolute Gasteiger partial charge is 0.509 e. The molecule has 1 unspecified atom stereocenters. The molecule has 0 saturated carbocycles. The minimum atomic E-state index is -1.83. The van der Waals surface area contributed by atoms with Gasteiger partial charge in [-0.05, 0) is 60.1 Å². The first-order valence-corrected chi connectivity index (χ1v) is 13.8. The molecule has 0 spiro atoms. The zero-order valence-corrected chi connectivity index (χ0v) is 17.6. The Hall–Kier alpha value is 0.0832. The molecule has 0 aromatic rings. The Kier molecular flexibility index (Phi) is 8.99. The van der Waals surface area contributed by atoms with Gasteiger partial charge in [0.15, 0.2) is 22.4 Å². The predicted octanol–water partition coefficient (Wildman–Crippen LogP) is 3.87. The van der Waals surface area contributed by atoms with E-state index in [1.165, 1.54) is 6.08 Å². The van der Waals surface area contributed by atoms with E-state index in [0.717, 1.165) is 0 Å². The topological polar surface area (TPSA) is 55.8 Å². The third-order valence-electron chi connectivity index (χ3n) is 2.38. The number of hydrogen-bond donors (Lipinski definition) is 1. The van der Waals surface area contributed by atoms with Crippen molar-refractivity contribution in [2.75, 3.05) is 0 Å². The average Bonchev–Trinajstić information content (AvgIpc) is 2.10. The Bertz CT molecular complexity index is 381. The molecule has 0 bridgehead atoms. The minimum Gasteiger partial charge on any atom is -0.509 e. The maximum atomic E-state index is 12.2. The maximum Gasteiger partial charge on any atom is 0.189 e. The summed E-state index contributed by atoms with van der Waals surface area (Å²) < 4.78 is 11.6. The summed E-state index contributed by atoms with van der Waals surface area (Å²) in [6.45, 7) is 17.4. The van der Waals surface area contributed by atoms with Crippen molar-refractivity contribution >= 4 is 22.4 Å². The number of aliphatic hydroxyl groups excluding tert-OH is 1. The Labute approximate surface area is 142 Å². The molecule has 21 heavy (non-hydrogen) atoms. The number of carbonyl (C=O) groups is 1. The average molecular weight is 382 g/mol. The van der Waals surface area contributed by atoms with Crippen LogP contribution in [0, 0.1) is 0 Å². The van der Waals surface area contributed by atoms with Gasteiger partial charge in [-0.15, -0.1) is 0 Å². The number of hydrogen-bond acceptors (Lipinski definition) is 4. The van der Waals surface area contributed by atoms with E-state index < -0.39 is 28.3 Å². The first-order chi connectivity index (χ1) is 8.64. The van der Waals surface area contributed by atoms with Gasteiger partial charge in [0.05, 0.1) is 6.10 Å². The molecule has 0 aromatic carbocycles. The molecule has 0 rings (SSSR count). The normalized spacial score (nSPS) is 15.4. The molecule has 1 radical (unpaired) electrons. The molecular weight excluding hydrogens is 352 g/mol. The molecule has 7 heteroatoms. The number of ketones is 1. The van der Waals surface area contributed by atoms with E-state index in [1.54, 1.807) is 20.8 Å². The Morgan fingerprint density at radius 2 is 1.52 bits per heavy atom. The maximum absolute atomic E-state index is 12.2. The van der Waals surface area contributed by atoms with Crippen LogP contribution < -0.4 is 0 Å². The van der Waals surface area contributed by atoms with Crippen LogP contribution in [-0.2, 0) is 30.7 Å². The van der Waals surface area contributed by atoms with Crippen LogP contribution in [0.1, 0.15) is 20.8 Å². The first kappa shape index (κ1) is 23.4.